The number of hydrogen-bond donors (Lipinski definition) is 0. The van der Waals surface area contributed by atoms with Crippen molar-refractivity contribution in [1.82, 2.24) is 0 Å². The number of benzene rings is 2. The fourth-order valence-corrected chi connectivity index (χ4v) is 1.91. The zero-order chi connectivity index (χ0) is 15.9. The van der Waals surface area contributed by atoms with Crippen LogP contribution in [0.2, 0.25) is 0 Å². The second-order valence-corrected chi connectivity index (χ2v) is 4.66. The molecule has 0 aliphatic carbocycles. The van der Waals surface area contributed by atoms with Gasteiger partial charge < -0.3 is 13.9 Å². The van der Waals surface area contributed by atoms with Crippen LogP contribution in [0.1, 0.15) is 5.76 Å². The second kappa shape index (κ2) is 7.13. The Morgan fingerprint density at radius 2 is 1.65 bits per heavy atom. The average Bonchev–Trinajstić information content (AvgIpc) is 3.08. The van der Waals surface area contributed by atoms with Gasteiger partial charge in [0, 0.05) is 12.1 Å². The van der Waals surface area contributed by atoms with Crippen molar-refractivity contribution in [1.29, 1.82) is 0 Å². The molecule has 1 aromatic heterocycles. The van der Waals surface area contributed by atoms with E-state index in [-0.39, 0.29) is 0 Å². The number of para-hydroxylation sites is 1. The Labute approximate surface area is 133 Å². The molecule has 4 nitrogen and oxygen atoms in total. The highest BCUT2D eigenvalue weighted by Gasteiger charge is 2.03. The SMILES string of the molecule is O=C(C=Cc1ccco1)Oc1cccc(Oc2ccccc2)c1. The van der Waals surface area contributed by atoms with Crippen molar-refractivity contribution in [2.45, 2.75) is 0 Å². The lowest BCUT2D eigenvalue weighted by Crippen LogP contribution is -2.03. The molecule has 0 aliphatic rings. The lowest BCUT2D eigenvalue weighted by Gasteiger charge is -2.07. The average molecular weight is 306 g/mol. The monoisotopic (exact) mass is 306 g/mol. The van der Waals surface area contributed by atoms with Crippen LogP contribution in [-0.2, 0) is 4.79 Å². The molecule has 0 saturated heterocycles. The Balaban J connectivity index is 1.64. The Morgan fingerprint density at radius 1 is 0.870 bits per heavy atom. The molecule has 0 amide bonds. The van der Waals surface area contributed by atoms with Crippen molar-refractivity contribution in [2.24, 2.45) is 0 Å². The first-order valence-corrected chi connectivity index (χ1v) is 7.06. The molecule has 3 rings (SSSR count). The van der Waals surface area contributed by atoms with Gasteiger partial charge in [-0.1, -0.05) is 24.3 Å². The molecule has 0 spiro atoms. The first-order chi connectivity index (χ1) is 11.3. The summed E-state index contributed by atoms with van der Waals surface area (Å²) in [7, 11) is 0. The fraction of sp³-hybridized carbons (Fsp3) is 0. The van der Waals surface area contributed by atoms with E-state index >= 15 is 0 Å². The van der Waals surface area contributed by atoms with Crippen LogP contribution < -0.4 is 9.47 Å². The van der Waals surface area contributed by atoms with Gasteiger partial charge in [-0.25, -0.2) is 4.79 Å². The molecular formula is C19H14O4. The van der Waals surface area contributed by atoms with E-state index in [0.717, 1.165) is 0 Å². The van der Waals surface area contributed by atoms with E-state index in [0.29, 0.717) is 23.0 Å². The van der Waals surface area contributed by atoms with Gasteiger partial charge in [-0.2, -0.15) is 0 Å². The summed E-state index contributed by atoms with van der Waals surface area (Å²) in [5.74, 6) is 1.82. The van der Waals surface area contributed by atoms with Crippen LogP contribution in [0.15, 0.2) is 83.5 Å². The van der Waals surface area contributed by atoms with Crippen molar-refractivity contribution in [3.8, 4) is 17.2 Å². The highest BCUT2D eigenvalue weighted by molar-refractivity contribution is 5.88. The molecule has 3 aromatic rings. The summed E-state index contributed by atoms with van der Waals surface area (Å²) in [5.41, 5.74) is 0. The summed E-state index contributed by atoms with van der Waals surface area (Å²) < 4.78 is 16.0. The molecule has 0 fully saturated rings. The summed E-state index contributed by atoms with van der Waals surface area (Å²) in [6.07, 6.45) is 4.39. The Morgan fingerprint density at radius 3 is 2.43 bits per heavy atom. The zero-order valence-electron chi connectivity index (χ0n) is 12.2. The number of furan rings is 1. The standard InChI is InChI=1S/C19H14O4/c20-19(12-11-15-10-5-13-21-15)23-18-9-4-8-17(14-18)22-16-6-2-1-3-7-16/h1-14H. The van der Waals surface area contributed by atoms with E-state index < -0.39 is 5.97 Å². The minimum atomic E-state index is -0.488. The van der Waals surface area contributed by atoms with Gasteiger partial charge in [-0.05, 0) is 42.5 Å². The molecule has 0 aliphatic heterocycles. The van der Waals surface area contributed by atoms with Crippen LogP contribution in [0.25, 0.3) is 6.08 Å². The Bertz CT molecular complexity index is 789. The predicted molar refractivity (Wildman–Crippen MR) is 86.3 cm³/mol. The maximum absolute atomic E-state index is 11.8. The minimum absolute atomic E-state index is 0.410. The van der Waals surface area contributed by atoms with Crippen molar-refractivity contribution in [2.75, 3.05) is 0 Å². The molecule has 0 atom stereocenters. The first-order valence-electron chi connectivity index (χ1n) is 7.06. The highest BCUT2D eigenvalue weighted by atomic mass is 16.5. The lowest BCUT2D eigenvalue weighted by molar-refractivity contribution is -0.128. The zero-order valence-corrected chi connectivity index (χ0v) is 12.2. The lowest BCUT2D eigenvalue weighted by atomic mass is 10.3. The van der Waals surface area contributed by atoms with Gasteiger partial charge in [0.25, 0.3) is 0 Å². The predicted octanol–water partition coefficient (Wildman–Crippen LogP) is 4.69. The Hall–Kier alpha value is -3.27. The van der Waals surface area contributed by atoms with E-state index in [2.05, 4.69) is 0 Å². The van der Waals surface area contributed by atoms with Crippen LogP contribution in [-0.4, -0.2) is 5.97 Å². The van der Waals surface area contributed by atoms with Gasteiger partial charge >= 0.3 is 5.97 Å². The van der Waals surface area contributed by atoms with Crippen molar-refractivity contribution < 1.29 is 18.7 Å². The third-order valence-corrected chi connectivity index (χ3v) is 2.93. The smallest absolute Gasteiger partial charge is 0.336 e. The van der Waals surface area contributed by atoms with E-state index in [9.17, 15) is 4.79 Å². The van der Waals surface area contributed by atoms with Gasteiger partial charge in [0.2, 0.25) is 0 Å². The third kappa shape index (κ3) is 4.35. The Kier molecular flexibility index (Phi) is 4.55. The first kappa shape index (κ1) is 14.7. The molecule has 4 heteroatoms. The molecule has 0 saturated carbocycles. The number of rotatable bonds is 5. The van der Waals surface area contributed by atoms with Gasteiger partial charge in [0.15, 0.2) is 0 Å². The molecule has 1 heterocycles. The van der Waals surface area contributed by atoms with Gasteiger partial charge in [-0.3, -0.25) is 0 Å². The summed E-state index contributed by atoms with van der Waals surface area (Å²) >= 11 is 0. The molecule has 0 N–H and O–H groups in total. The summed E-state index contributed by atoms with van der Waals surface area (Å²) in [6.45, 7) is 0. The number of ether oxygens (including phenoxy) is 2. The number of carbonyl (C=O) groups excluding carboxylic acids is 1. The topological polar surface area (TPSA) is 48.7 Å². The molecule has 114 valence electrons. The van der Waals surface area contributed by atoms with Crippen LogP contribution in [0, 0.1) is 0 Å². The van der Waals surface area contributed by atoms with E-state index in [1.807, 2.05) is 30.3 Å². The number of hydrogen-bond acceptors (Lipinski definition) is 4. The minimum Gasteiger partial charge on any atom is -0.465 e. The largest absolute Gasteiger partial charge is 0.465 e. The third-order valence-electron chi connectivity index (χ3n) is 2.93. The van der Waals surface area contributed by atoms with E-state index in [1.165, 1.54) is 12.3 Å². The van der Waals surface area contributed by atoms with Crippen molar-refractivity contribution in [3.63, 3.8) is 0 Å². The highest BCUT2D eigenvalue weighted by Crippen LogP contribution is 2.25. The number of carbonyl (C=O) groups is 1. The van der Waals surface area contributed by atoms with Crippen LogP contribution in [0.3, 0.4) is 0 Å². The molecule has 0 bridgehead atoms. The molecule has 0 unspecified atom stereocenters. The van der Waals surface area contributed by atoms with Crippen molar-refractivity contribution in [3.05, 3.63) is 84.8 Å². The summed E-state index contributed by atoms with van der Waals surface area (Å²) in [5, 5.41) is 0. The van der Waals surface area contributed by atoms with E-state index in [4.69, 9.17) is 13.9 Å². The van der Waals surface area contributed by atoms with Crippen LogP contribution in [0.5, 0.6) is 17.2 Å². The molecule has 2 aromatic carbocycles. The second-order valence-electron chi connectivity index (χ2n) is 4.66. The molecule has 23 heavy (non-hydrogen) atoms. The van der Waals surface area contributed by atoms with Crippen LogP contribution in [0.4, 0.5) is 0 Å². The van der Waals surface area contributed by atoms with Crippen LogP contribution >= 0.6 is 0 Å². The van der Waals surface area contributed by atoms with Gasteiger partial charge in [0.05, 0.1) is 6.26 Å². The maximum atomic E-state index is 11.8. The fourth-order valence-electron chi connectivity index (χ4n) is 1.91. The molecule has 0 radical (unpaired) electrons. The summed E-state index contributed by atoms with van der Waals surface area (Å²) in [4.78, 5) is 11.8. The van der Waals surface area contributed by atoms with Gasteiger partial charge in [-0.15, -0.1) is 0 Å². The maximum Gasteiger partial charge on any atom is 0.336 e. The quantitative estimate of drug-likeness (QED) is 0.390. The van der Waals surface area contributed by atoms with Gasteiger partial charge in [0.1, 0.15) is 23.0 Å². The normalized spacial score (nSPS) is 10.6. The van der Waals surface area contributed by atoms with Crippen molar-refractivity contribution >= 4 is 12.0 Å². The molecular weight excluding hydrogens is 292 g/mol. The van der Waals surface area contributed by atoms with E-state index in [1.54, 1.807) is 42.5 Å². The summed E-state index contributed by atoms with van der Waals surface area (Å²) in [6, 6.07) is 19.8. The number of esters is 1.